The van der Waals surface area contributed by atoms with Crippen LogP contribution in [-0.4, -0.2) is 24.8 Å². The largest absolute Gasteiger partial charge is 0.318 e. The zero-order chi connectivity index (χ0) is 24.7. The van der Waals surface area contributed by atoms with E-state index >= 15 is 0 Å². The normalized spacial score (nSPS) is 11.2. The molecule has 0 bridgehead atoms. The number of fused-ring (bicyclic) bond motifs is 1. The molecular weight excluding hydrogens is 462 g/mol. The molecule has 5 aromatic rings. The molecule has 35 heavy (non-hydrogen) atoms. The van der Waals surface area contributed by atoms with E-state index in [1.54, 1.807) is 25.6 Å². The Labute approximate surface area is 204 Å². The van der Waals surface area contributed by atoms with Gasteiger partial charge in [-0.25, -0.2) is 9.67 Å². The summed E-state index contributed by atoms with van der Waals surface area (Å²) in [6.07, 6.45) is 0. The van der Waals surface area contributed by atoms with Crippen molar-refractivity contribution in [3.63, 3.8) is 0 Å². The van der Waals surface area contributed by atoms with Crippen molar-refractivity contribution in [3.8, 4) is 16.1 Å². The Morgan fingerprint density at radius 2 is 1.63 bits per heavy atom. The number of nitrogens with zero attached hydrogens (tertiary/aromatic N) is 4. The fourth-order valence-corrected chi connectivity index (χ4v) is 5.16. The van der Waals surface area contributed by atoms with Gasteiger partial charge in [-0.2, -0.15) is 0 Å². The third kappa shape index (κ3) is 4.00. The van der Waals surface area contributed by atoms with E-state index in [0.29, 0.717) is 27.4 Å². The first kappa shape index (κ1) is 22.5. The molecule has 0 saturated heterocycles. The van der Waals surface area contributed by atoms with E-state index in [4.69, 9.17) is 0 Å². The van der Waals surface area contributed by atoms with Gasteiger partial charge in [0.05, 0.1) is 16.8 Å². The number of para-hydroxylation sites is 1. The second-order valence-corrected chi connectivity index (χ2v) is 9.26. The van der Waals surface area contributed by atoms with Crippen LogP contribution in [0.15, 0.2) is 76.3 Å². The van der Waals surface area contributed by atoms with E-state index < -0.39 is 5.91 Å². The highest BCUT2D eigenvalue weighted by Crippen LogP contribution is 2.30. The van der Waals surface area contributed by atoms with Crippen LogP contribution in [0, 0.1) is 13.8 Å². The molecule has 1 N–H and O–H groups in total. The minimum Gasteiger partial charge on any atom is -0.318 e. The fraction of sp³-hybridized carbons (Fsp3) is 0.154. The fourth-order valence-electron chi connectivity index (χ4n) is 4.08. The molecule has 3 heterocycles. The molecule has 1 amide bonds. The van der Waals surface area contributed by atoms with E-state index in [0.717, 1.165) is 10.4 Å². The lowest BCUT2D eigenvalue weighted by Gasteiger charge is -2.09. The Hall–Kier alpha value is -4.24. The zero-order valence-electron chi connectivity index (χ0n) is 19.5. The van der Waals surface area contributed by atoms with E-state index in [9.17, 15) is 14.4 Å². The molecule has 176 valence electrons. The number of hydrogen-bond acceptors (Lipinski definition) is 5. The highest BCUT2D eigenvalue weighted by molar-refractivity contribution is 7.21. The quantitative estimate of drug-likeness (QED) is 0.409. The van der Waals surface area contributed by atoms with Crippen LogP contribution in [0.1, 0.15) is 11.5 Å². The molecule has 0 aliphatic rings. The van der Waals surface area contributed by atoms with Gasteiger partial charge in [-0.15, -0.1) is 11.3 Å². The van der Waals surface area contributed by atoms with Crippen LogP contribution in [0.5, 0.6) is 0 Å². The van der Waals surface area contributed by atoms with E-state index in [2.05, 4.69) is 10.3 Å². The van der Waals surface area contributed by atoms with Crippen molar-refractivity contribution in [1.82, 2.24) is 18.9 Å². The van der Waals surface area contributed by atoms with Crippen LogP contribution in [0.25, 0.3) is 26.3 Å². The minimum absolute atomic E-state index is 0.183. The number of carbonyl (C=O) groups excluding carboxylic acids is 1. The maximum atomic E-state index is 13.2. The summed E-state index contributed by atoms with van der Waals surface area (Å²) in [6, 6.07) is 20.8. The summed E-state index contributed by atoms with van der Waals surface area (Å²) in [6.45, 7) is 3.22. The number of hydrogen-bond donors (Lipinski definition) is 1. The highest BCUT2D eigenvalue weighted by atomic mass is 32.1. The predicted molar refractivity (Wildman–Crippen MR) is 138 cm³/mol. The summed E-state index contributed by atoms with van der Waals surface area (Å²) in [5.74, 6) is -0.0357. The lowest BCUT2D eigenvalue weighted by Crippen LogP contribution is -2.31. The first-order valence-electron chi connectivity index (χ1n) is 11.1. The summed E-state index contributed by atoms with van der Waals surface area (Å²) in [4.78, 5) is 45.4. The molecule has 0 spiro atoms. The molecule has 0 aliphatic heterocycles. The molecule has 0 atom stereocenters. The molecule has 5 rings (SSSR count). The van der Waals surface area contributed by atoms with Gasteiger partial charge in [0.15, 0.2) is 0 Å². The van der Waals surface area contributed by atoms with E-state index in [-0.39, 0.29) is 23.4 Å². The standard InChI is InChI=1S/C26H23N5O3S/c1-16-23(26(34)31(29(16)3)19-12-8-5-9-13-19)28-22(32)15-30-17(2)27-24-20(25(30)33)14-21(35-24)18-10-6-4-7-11-18/h4-14H,15H2,1-3H3,(H,28,32). The molecule has 9 heteroatoms. The summed E-state index contributed by atoms with van der Waals surface area (Å²) in [5, 5.41) is 3.18. The Balaban J connectivity index is 1.46. The summed E-state index contributed by atoms with van der Waals surface area (Å²) >= 11 is 1.44. The molecule has 0 aliphatic carbocycles. The number of rotatable bonds is 5. The van der Waals surface area contributed by atoms with E-state index in [1.807, 2.05) is 66.7 Å². The Bertz CT molecular complexity index is 1680. The lowest BCUT2D eigenvalue weighted by atomic mass is 10.2. The van der Waals surface area contributed by atoms with Crippen molar-refractivity contribution in [2.75, 3.05) is 5.32 Å². The number of anilines is 1. The van der Waals surface area contributed by atoms with Crippen molar-refractivity contribution in [2.24, 2.45) is 7.05 Å². The number of amides is 1. The molecule has 2 aromatic carbocycles. The van der Waals surface area contributed by atoms with Crippen LogP contribution in [-0.2, 0) is 18.4 Å². The van der Waals surface area contributed by atoms with Gasteiger partial charge in [-0.1, -0.05) is 48.5 Å². The predicted octanol–water partition coefficient (Wildman–Crippen LogP) is 3.87. The average molecular weight is 486 g/mol. The van der Waals surface area contributed by atoms with Crippen LogP contribution >= 0.6 is 11.3 Å². The number of aryl methyl sites for hydroxylation is 1. The van der Waals surface area contributed by atoms with Crippen molar-refractivity contribution in [2.45, 2.75) is 20.4 Å². The smallest absolute Gasteiger partial charge is 0.295 e. The summed E-state index contributed by atoms with van der Waals surface area (Å²) in [7, 11) is 1.76. The molecule has 8 nitrogen and oxygen atoms in total. The number of nitrogens with one attached hydrogen (secondary N) is 1. The van der Waals surface area contributed by atoms with Crippen LogP contribution in [0.4, 0.5) is 5.69 Å². The van der Waals surface area contributed by atoms with Crippen molar-refractivity contribution >= 4 is 33.1 Å². The lowest BCUT2D eigenvalue weighted by molar-refractivity contribution is -0.116. The van der Waals surface area contributed by atoms with Gasteiger partial charge in [0, 0.05) is 11.9 Å². The Morgan fingerprint density at radius 3 is 2.31 bits per heavy atom. The van der Waals surface area contributed by atoms with Gasteiger partial charge in [0.1, 0.15) is 22.9 Å². The van der Waals surface area contributed by atoms with Crippen molar-refractivity contribution in [3.05, 3.63) is 99.0 Å². The van der Waals surface area contributed by atoms with Gasteiger partial charge in [-0.3, -0.25) is 23.6 Å². The first-order chi connectivity index (χ1) is 16.8. The molecule has 0 radical (unpaired) electrons. The molecule has 0 fully saturated rings. The number of thiophene rings is 1. The van der Waals surface area contributed by atoms with Crippen LogP contribution in [0.3, 0.4) is 0 Å². The van der Waals surface area contributed by atoms with Crippen molar-refractivity contribution in [1.29, 1.82) is 0 Å². The second-order valence-electron chi connectivity index (χ2n) is 8.23. The van der Waals surface area contributed by atoms with E-state index in [1.165, 1.54) is 20.6 Å². The maximum absolute atomic E-state index is 13.2. The SMILES string of the molecule is Cc1nc2sc(-c3ccccc3)cc2c(=O)n1CC(=O)Nc1c(C)n(C)n(-c2ccccc2)c1=O. The average Bonchev–Trinajstić information content (AvgIpc) is 3.38. The number of aromatic nitrogens is 4. The van der Waals surface area contributed by atoms with Gasteiger partial charge < -0.3 is 5.32 Å². The molecule has 0 unspecified atom stereocenters. The zero-order valence-corrected chi connectivity index (χ0v) is 20.3. The second kappa shape index (κ2) is 8.84. The topological polar surface area (TPSA) is 90.9 Å². The van der Waals surface area contributed by atoms with Crippen molar-refractivity contribution < 1.29 is 4.79 Å². The summed E-state index contributed by atoms with van der Waals surface area (Å²) in [5.41, 5.74) is 1.86. The maximum Gasteiger partial charge on any atom is 0.295 e. The minimum atomic E-state index is -0.471. The van der Waals surface area contributed by atoms with Gasteiger partial charge in [0.2, 0.25) is 5.91 Å². The third-order valence-corrected chi connectivity index (χ3v) is 7.10. The molecular formula is C26H23N5O3S. The Morgan fingerprint density at radius 1 is 0.971 bits per heavy atom. The molecule has 3 aromatic heterocycles. The first-order valence-corrected chi connectivity index (χ1v) is 11.9. The monoisotopic (exact) mass is 485 g/mol. The number of benzene rings is 2. The Kier molecular flexibility index (Phi) is 5.70. The van der Waals surface area contributed by atoms with Crippen LogP contribution in [0.2, 0.25) is 0 Å². The number of carbonyl (C=O) groups is 1. The van der Waals surface area contributed by atoms with Gasteiger partial charge in [0.25, 0.3) is 11.1 Å². The summed E-state index contributed by atoms with van der Waals surface area (Å²) < 4.78 is 4.52. The van der Waals surface area contributed by atoms with Crippen LogP contribution < -0.4 is 16.4 Å². The highest BCUT2D eigenvalue weighted by Gasteiger charge is 2.20. The molecule has 0 saturated carbocycles. The third-order valence-electron chi connectivity index (χ3n) is 6.02. The van der Waals surface area contributed by atoms with Gasteiger partial charge >= 0.3 is 0 Å². The van der Waals surface area contributed by atoms with Gasteiger partial charge in [-0.05, 0) is 37.6 Å².